The number of benzene rings is 1. The topological polar surface area (TPSA) is 97.2 Å². The maximum Gasteiger partial charge on any atom is 0.333 e. The first-order chi connectivity index (χ1) is 18.6. The van der Waals surface area contributed by atoms with E-state index in [-0.39, 0.29) is 17.4 Å². The molecule has 7 nitrogen and oxygen atoms in total. The number of fused-ring (bicyclic) bond motifs is 5. The van der Waals surface area contributed by atoms with Crippen LogP contribution in [0.5, 0.6) is 0 Å². The van der Waals surface area contributed by atoms with Crippen molar-refractivity contribution < 1.29 is 24.3 Å². The first kappa shape index (κ1) is 27.5. The van der Waals surface area contributed by atoms with Gasteiger partial charge in [-0.2, -0.15) is 0 Å². The van der Waals surface area contributed by atoms with Crippen LogP contribution in [0.3, 0.4) is 0 Å². The second-order valence-corrected chi connectivity index (χ2v) is 12.3. The fourth-order valence-electron chi connectivity index (χ4n) is 8.31. The van der Waals surface area contributed by atoms with Crippen LogP contribution in [0.25, 0.3) is 0 Å². The molecule has 3 fully saturated rings. The predicted octanol–water partition coefficient (Wildman–Crippen LogP) is 4.72. The van der Waals surface area contributed by atoms with Crippen molar-refractivity contribution in [3.63, 3.8) is 0 Å². The van der Waals surface area contributed by atoms with Crippen LogP contribution in [0.15, 0.2) is 47.1 Å². The highest BCUT2D eigenvalue weighted by molar-refractivity contribution is 5.96. The molecule has 0 aliphatic heterocycles. The van der Waals surface area contributed by atoms with E-state index in [2.05, 4.69) is 36.3 Å². The van der Waals surface area contributed by atoms with Crippen molar-refractivity contribution in [2.45, 2.75) is 76.9 Å². The van der Waals surface area contributed by atoms with Crippen molar-refractivity contribution in [3.8, 4) is 12.3 Å². The van der Waals surface area contributed by atoms with Gasteiger partial charge in [0, 0.05) is 5.41 Å². The number of methoxy groups -OCH3 is 1. The van der Waals surface area contributed by atoms with Gasteiger partial charge < -0.3 is 20.0 Å². The van der Waals surface area contributed by atoms with Crippen LogP contribution >= 0.6 is 0 Å². The Kier molecular flexibility index (Phi) is 7.37. The van der Waals surface area contributed by atoms with Crippen molar-refractivity contribution in [1.29, 1.82) is 0 Å². The Morgan fingerprint density at radius 3 is 2.59 bits per heavy atom. The summed E-state index contributed by atoms with van der Waals surface area (Å²) in [4.78, 5) is 30.2. The number of amides is 1. The van der Waals surface area contributed by atoms with Gasteiger partial charge in [0.05, 0.1) is 12.8 Å². The van der Waals surface area contributed by atoms with Gasteiger partial charge in [0.15, 0.2) is 12.6 Å². The van der Waals surface area contributed by atoms with Crippen LogP contribution in [0.1, 0.15) is 76.8 Å². The van der Waals surface area contributed by atoms with Gasteiger partial charge in [0.2, 0.25) is 0 Å². The van der Waals surface area contributed by atoms with Crippen molar-refractivity contribution in [3.05, 3.63) is 47.5 Å². The molecule has 0 saturated heterocycles. The number of carbonyl (C=O) groups is 2. The van der Waals surface area contributed by atoms with Crippen LogP contribution in [0.2, 0.25) is 0 Å². The predicted molar refractivity (Wildman–Crippen MR) is 148 cm³/mol. The van der Waals surface area contributed by atoms with Crippen LogP contribution in [-0.2, 0) is 19.2 Å². The van der Waals surface area contributed by atoms with Gasteiger partial charge in [0.25, 0.3) is 5.91 Å². The van der Waals surface area contributed by atoms with E-state index in [4.69, 9.17) is 16.0 Å². The second-order valence-electron chi connectivity index (χ2n) is 12.3. The van der Waals surface area contributed by atoms with E-state index in [1.807, 2.05) is 6.07 Å². The molecule has 0 heterocycles. The third kappa shape index (κ3) is 4.67. The number of hydrogen-bond acceptors (Lipinski definition) is 6. The normalized spacial score (nSPS) is 36.8. The molecule has 7 atom stereocenters. The quantitative estimate of drug-likeness (QED) is 0.314. The van der Waals surface area contributed by atoms with Gasteiger partial charge in [-0.3, -0.25) is 4.79 Å². The van der Waals surface area contributed by atoms with Gasteiger partial charge >= 0.3 is 5.97 Å². The molecule has 1 aromatic rings. The van der Waals surface area contributed by atoms with E-state index in [0.717, 1.165) is 50.7 Å². The average Bonchev–Trinajstić information content (AvgIpc) is 3.22. The Balaban J connectivity index is 1.22. The Hall–Kier alpha value is -3.11. The summed E-state index contributed by atoms with van der Waals surface area (Å²) < 4.78 is 4.86. The van der Waals surface area contributed by atoms with E-state index >= 15 is 0 Å². The minimum atomic E-state index is -0.979. The van der Waals surface area contributed by atoms with Gasteiger partial charge in [-0.1, -0.05) is 60.8 Å². The number of allylic oxidation sites excluding steroid dienone is 2. The summed E-state index contributed by atoms with van der Waals surface area (Å²) in [5, 5.41) is 18.2. The van der Waals surface area contributed by atoms with E-state index in [9.17, 15) is 14.7 Å². The lowest BCUT2D eigenvalue weighted by atomic mass is 9.46. The molecule has 0 radical (unpaired) electrons. The maximum atomic E-state index is 12.6. The van der Waals surface area contributed by atoms with Crippen LogP contribution < -0.4 is 5.32 Å². The number of nitrogens with one attached hydrogen (secondary N) is 1. The zero-order chi connectivity index (χ0) is 27.8. The lowest BCUT2D eigenvalue weighted by molar-refractivity contribution is -0.145. The SMILES string of the molecule is C#C[C@@]1(O)CC[C@H]2[C@@H]3CCC4=C/C(=N/OCC(=O)N[C@@H](C(=O)OC)c5ccccc5)CC[C@]4(C)[C@H]3CC[C@@]21C. The average molecular weight is 533 g/mol. The summed E-state index contributed by atoms with van der Waals surface area (Å²) in [7, 11) is 1.29. The van der Waals surface area contributed by atoms with Crippen molar-refractivity contribution in [1.82, 2.24) is 5.32 Å². The van der Waals surface area contributed by atoms with E-state index < -0.39 is 23.5 Å². The summed E-state index contributed by atoms with van der Waals surface area (Å²) in [5.74, 6) is 3.41. The maximum absolute atomic E-state index is 12.6. The Bertz CT molecular complexity index is 1220. The van der Waals surface area contributed by atoms with E-state index in [1.54, 1.807) is 24.3 Å². The number of rotatable bonds is 6. The van der Waals surface area contributed by atoms with Crippen molar-refractivity contribution in [2.75, 3.05) is 13.7 Å². The molecule has 7 heteroatoms. The molecule has 0 aromatic heterocycles. The highest BCUT2D eigenvalue weighted by atomic mass is 16.6. The minimum absolute atomic E-state index is 0.112. The van der Waals surface area contributed by atoms with Gasteiger partial charge in [-0.15, -0.1) is 6.42 Å². The summed E-state index contributed by atoms with van der Waals surface area (Å²) in [6.07, 6.45) is 15.7. The Morgan fingerprint density at radius 2 is 1.87 bits per heavy atom. The fraction of sp³-hybridized carbons (Fsp3) is 0.594. The van der Waals surface area contributed by atoms with Gasteiger partial charge in [-0.05, 0) is 86.2 Å². The molecule has 4 aliphatic rings. The fourth-order valence-corrected chi connectivity index (χ4v) is 8.31. The zero-order valence-corrected chi connectivity index (χ0v) is 23.2. The summed E-state index contributed by atoms with van der Waals surface area (Å²) in [6, 6.07) is 8.06. The number of aliphatic hydroxyl groups is 1. The summed E-state index contributed by atoms with van der Waals surface area (Å²) in [5.41, 5.74) is 1.86. The number of ether oxygens (including phenoxy) is 1. The number of hydrogen-bond donors (Lipinski definition) is 2. The molecule has 2 N–H and O–H groups in total. The molecule has 39 heavy (non-hydrogen) atoms. The molecule has 0 unspecified atom stereocenters. The van der Waals surface area contributed by atoms with Crippen molar-refractivity contribution >= 4 is 17.6 Å². The lowest BCUT2D eigenvalue weighted by Gasteiger charge is -2.58. The summed E-state index contributed by atoms with van der Waals surface area (Å²) >= 11 is 0. The molecular weight excluding hydrogens is 492 g/mol. The Labute approximate surface area is 231 Å². The number of terminal acetylenes is 1. The van der Waals surface area contributed by atoms with Gasteiger partial charge in [-0.25, -0.2) is 4.79 Å². The highest BCUT2D eigenvalue weighted by Crippen LogP contribution is 2.67. The lowest BCUT2D eigenvalue weighted by Crippen LogP contribution is -2.54. The van der Waals surface area contributed by atoms with E-state index in [0.29, 0.717) is 29.7 Å². The van der Waals surface area contributed by atoms with Crippen LogP contribution in [0, 0.1) is 40.9 Å². The van der Waals surface area contributed by atoms with E-state index in [1.165, 1.54) is 12.7 Å². The largest absolute Gasteiger partial charge is 0.467 e. The molecule has 208 valence electrons. The molecule has 0 bridgehead atoms. The van der Waals surface area contributed by atoms with Crippen LogP contribution in [0.4, 0.5) is 0 Å². The number of nitrogens with zero attached hydrogens (tertiary/aromatic N) is 1. The first-order valence-corrected chi connectivity index (χ1v) is 14.2. The highest BCUT2D eigenvalue weighted by Gasteiger charge is 2.63. The number of carbonyl (C=O) groups excluding carboxylic acids is 2. The standard InChI is InChI=1S/C32H40N2O5/c1-5-32(37)18-15-26-24-12-11-22-19-23(13-16-30(22,2)25(24)14-17-31(26,32)3)34-39-20-27(35)33-28(29(36)38-4)21-9-7-6-8-10-21/h1,6-10,19,24-26,28,37H,11-18,20H2,2-4H3,(H,33,35)/b34-23+/t24-,25+,26+,28-,30+,31+,32-/m1/s1. The molecule has 1 amide bonds. The minimum Gasteiger partial charge on any atom is -0.467 e. The number of esters is 1. The smallest absolute Gasteiger partial charge is 0.333 e. The van der Waals surface area contributed by atoms with Crippen molar-refractivity contribution in [2.24, 2.45) is 33.7 Å². The first-order valence-electron chi connectivity index (χ1n) is 14.2. The molecular formula is C32H40N2O5. The molecule has 4 aliphatic carbocycles. The third-order valence-corrected chi connectivity index (χ3v) is 10.6. The molecule has 1 aromatic carbocycles. The van der Waals surface area contributed by atoms with Gasteiger partial charge in [0.1, 0.15) is 5.60 Å². The molecule has 5 rings (SSSR count). The van der Waals surface area contributed by atoms with Crippen LogP contribution in [-0.4, -0.2) is 42.0 Å². The summed E-state index contributed by atoms with van der Waals surface area (Å²) in [6.45, 7) is 4.34. The third-order valence-electron chi connectivity index (χ3n) is 10.6. The molecule has 0 spiro atoms. The Morgan fingerprint density at radius 1 is 1.13 bits per heavy atom. The zero-order valence-electron chi connectivity index (χ0n) is 23.2. The molecule has 3 saturated carbocycles. The number of oxime groups is 1. The monoisotopic (exact) mass is 532 g/mol. The second kappa shape index (κ2) is 10.5.